The molecule has 3 heterocycles. The fraction of sp³-hybridized carbons (Fsp3) is 0. The van der Waals surface area contributed by atoms with E-state index in [1.165, 1.54) is 29.7 Å². The molecular weight excluding hydrogens is 449 g/mol. The van der Waals surface area contributed by atoms with Gasteiger partial charge in [0.15, 0.2) is 5.76 Å². The van der Waals surface area contributed by atoms with Crippen LogP contribution in [0.2, 0.25) is 10.0 Å². The summed E-state index contributed by atoms with van der Waals surface area (Å²) in [6, 6.07) is 11.5. The lowest BCUT2D eigenvalue weighted by molar-refractivity contribution is -0.402. The molecule has 0 aliphatic carbocycles. The second-order valence-electron chi connectivity index (χ2n) is 5.84. The van der Waals surface area contributed by atoms with E-state index >= 15 is 0 Å². The molecule has 8 nitrogen and oxygen atoms in total. The number of hydrogen-bond donors (Lipinski definition) is 0. The minimum absolute atomic E-state index is 0.223. The highest BCUT2D eigenvalue weighted by Gasteiger charge is 2.13. The Balaban J connectivity index is 1.84. The lowest BCUT2D eigenvalue weighted by Crippen LogP contribution is -2.11. The van der Waals surface area contributed by atoms with Gasteiger partial charge in [-0.15, -0.1) is 11.3 Å². The third-order valence-electron chi connectivity index (χ3n) is 3.86. The van der Waals surface area contributed by atoms with E-state index in [9.17, 15) is 10.1 Å². The third-order valence-corrected chi connectivity index (χ3v) is 5.22. The Hall–Kier alpha value is -3.27. The minimum Gasteiger partial charge on any atom is -0.400 e. The van der Waals surface area contributed by atoms with Crippen LogP contribution in [0.3, 0.4) is 0 Å². The molecule has 0 bridgehead atoms. The third kappa shape index (κ3) is 4.33. The van der Waals surface area contributed by atoms with Crippen LogP contribution in [0.25, 0.3) is 11.3 Å². The van der Waals surface area contributed by atoms with Crippen LogP contribution in [0.5, 0.6) is 0 Å². The molecule has 4 rings (SSSR count). The second-order valence-corrected chi connectivity index (χ2v) is 7.52. The quantitative estimate of drug-likeness (QED) is 0.222. The van der Waals surface area contributed by atoms with Crippen molar-refractivity contribution in [2.24, 2.45) is 10.1 Å². The Morgan fingerprint density at radius 3 is 2.80 bits per heavy atom. The molecule has 150 valence electrons. The summed E-state index contributed by atoms with van der Waals surface area (Å²) in [4.78, 5) is 19.4. The molecule has 0 amide bonds. The normalized spacial score (nSPS) is 12.0. The van der Waals surface area contributed by atoms with E-state index in [1.807, 2.05) is 11.4 Å². The van der Waals surface area contributed by atoms with Crippen molar-refractivity contribution in [1.29, 1.82) is 0 Å². The van der Waals surface area contributed by atoms with Crippen molar-refractivity contribution in [1.82, 2.24) is 9.66 Å². The highest BCUT2D eigenvalue weighted by Crippen LogP contribution is 2.31. The Kier molecular flexibility index (Phi) is 5.75. The van der Waals surface area contributed by atoms with E-state index in [4.69, 9.17) is 27.6 Å². The summed E-state index contributed by atoms with van der Waals surface area (Å²) in [5.74, 6) is -0.145. The van der Waals surface area contributed by atoms with Crippen molar-refractivity contribution in [2.75, 3.05) is 0 Å². The molecule has 4 aromatic rings. The number of hydrogen-bond acceptors (Lipinski definition) is 7. The van der Waals surface area contributed by atoms with E-state index in [-0.39, 0.29) is 11.6 Å². The molecule has 0 aliphatic heterocycles. The lowest BCUT2D eigenvalue weighted by atomic mass is 10.2. The molecule has 0 spiro atoms. The molecule has 0 radical (unpaired) electrons. The van der Waals surface area contributed by atoms with Crippen LogP contribution in [0.1, 0.15) is 5.76 Å². The second kappa shape index (κ2) is 8.62. The molecule has 1 aromatic carbocycles. The van der Waals surface area contributed by atoms with E-state index in [0.717, 1.165) is 0 Å². The first-order valence-electron chi connectivity index (χ1n) is 8.40. The number of furan rings is 1. The summed E-state index contributed by atoms with van der Waals surface area (Å²) < 4.78 is 6.71. The first-order chi connectivity index (χ1) is 14.5. The summed E-state index contributed by atoms with van der Waals surface area (Å²) in [5.41, 5.74) is 2.01. The predicted molar refractivity (Wildman–Crippen MR) is 116 cm³/mol. The van der Waals surface area contributed by atoms with Gasteiger partial charge in [0.25, 0.3) is 0 Å². The van der Waals surface area contributed by atoms with Crippen LogP contribution in [0, 0.1) is 10.1 Å². The van der Waals surface area contributed by atoms with E-state index in [2.05, 4.69) is 15.1 Å². The molecule has 30 heavy (non-hydrogen) atoms. The lowest BCUT2D eigenvalue weighted by Gasteiger charge is -2.06. The van der Waals surface area contributed by atoms with Gasteiger partial charge in [0.2, 0.25) is 4.80 Å². The van der Waals surface area contributed by atoms with E-state index in [1.54, 1.807) is 41.3 Å². The summed E-state index contributed by atoms with van der Waals surface area (Å²) >= 11 is 13.7. The van der Waals surface area contributed by atoms with Gasteiger partial charge < -0.3 is 4.42 Å². The topological polar surface area (TPSA) is 98.8 Å². The van der Waals surface area contributed by atoms with Gasteiger partial charge in [-0.05, 0) is 36.4 Å². The smallest absolute Gasteiger partial charge is 0.400 e. The zero-order valence-electron chi connectivity index (χ0n) is 15.0. The highest BCUT2D eigenvalue weighted by atomic mass is 35.5. The zero-order valence-corrected chi connectivity index (χ0v) is 17.3. The van der Waals surface area contributed by atoms with Crippen molar-refractivity contribution in [2.45, 2.75) is 0 Å². The first-order valence-corrected chi connectivity index (χ1v) is 10.0. The maximum atomic E-state index is 10.8. The number of halogens is 2. The fourth-order valence-electron chi connectivity index (χ4n) is 2.53. The molecule has 11 heteroatoms. The van der Waals surface area contributed by atoms with Crippen LogP contribution in [0.4, 0.5) is 11.6 Å². The van der Waals surface area contributed by atoms with Gasteiger partial charge in [0.05, 0.1) is 34.9 Å². The van der Waals surface area contributed by atoms with Gasteiger partial charge in [-0.2, -0.15) is 5.10 Å². The molecule has 0 saturated heterocycles. The molecule has 0 N–H and O–H groups in total. The van der Waals surface area contributed by atoms with E-state index in [0.29, 0.717) is 31.8 Å². The monoisotopic (exact) mass is 459 g/mol. The number of rotatable bonds is 5. The van der Waals surface area contributed by atoms with Crippen molar-refractivity contribution in [3.8, 4) is 11.3 Å². The maximum absolute atomic E-state index is 10.8. The Bertz CT molecular complexity index is 1310. The maximum Gasteiger partial charge on any atom is 0.433 e. The van der Waals surface area contributed by atoms with Crippen molar-refractivity contribution >= 4 is 52.3 Å². The number of aromatic nitrogens is 2. The van der Waals surface area contributed by atoms with Crippen LogP contribution >= 0.6 is 34.5 Å². The molecule has 3 aromatic heterocycles. The largest absolute Gasteiger partial charge is 0.433 e. The Labute approximate surface area is 183 Å². The minimum atomic E-state index is -0.614. The Morgan fingerprint density at radius 1 is 1.23 bits per heavy atom. The fourth-order valence-corrected chi connectivity index (χ4v) is 3.88. The molecular formula is C19H11Cl2N5O3S. The number of thiazole rings is 1. The van der Waals surface area contributed by atoms with Crippen molar-refractivity contribution < 1.29 is 9.34 Å². The van der Waals surface area contributed by atoms with Gasteiger partial charge in [-0.3, -0.25) is 15.1 Å². The van der Waals surface area contributed by atoms with E-state index < -0.39 is 4.92 Å². The summed E-state index contributed by atoms with van der Waals surface area (Å²) in [6.07, 6.45) is 4.65. The van der Waals surface area contributed by atoms with Crippen LogP contribution in [0.15, 0.2) is 74.7 Å². The predicted octanol–water partition coefficient (Wildman–Crippen LogP) is 5.53. The van der Waals surface area contributed by atoms with Crippen LogP contribution in [-0.4, -0.2) is 20.8 Å². The number of pyridine rings is 1. The van der Waals surface area contributed by atoms with Crippen molar-refractivity contribution in [3.63, 3.8) is 0 Å². The van der Waals surface area contributed by atoms with Gasteiger partial charge in [-0.25, -0.2) is 9.67 Å². The number of nitro groups is 1. The SMILES string of the molecule is O=[N+]([O-])c1ccc(C=Nn2c(-c3ccc(Cl)cc3Cl)csc2=Nc2cccnc2)o1. The van der Waals surface area contributed by atoms with Crippen molar-refractivity contribution in [3.05, 3.63) is 91.0 Å². The Morgan fingerprint density at radius 2 is 2.10 bits per heavy atom. The molecule has 0 unspecified atom stereocenters. The summed E-state index contributed by atoms with van der Waals surface area (Å²) in [5, 5.41) is 18.1. The number of nitrogens with zero attached hydrogens (tertiary/aromatic N) is 5. The summed E-state index contributed by atoms with van der Waals surface area (Å²) in [7, 11) is 0. The molecule has 0 saturated carbocycles. The van der Waals surface area contributed by atoms with Crippen LogP contribution < -0.4 is 4.80 Å². The molecule has 0 aliphatic rings. The molecule has 0 atom stereocenters. The average molecular weight is 460 g/mol. The first kappa shape index (κ1) is 20.0. The van der Waals surface area contributed by atoms with Gasteiger partial charge in [0, 0.05) is 22.2 Å². The number of benzene rings is 1. The summed E-state index contributed by atoms with van der Waals surface area (Å²) in [6.45, 7) is 0. The average Bonchev–Trinajstić information content (AvgIpc) is 3.35. The zero-order chi connectivity index (χ0) is 21.1. The van der Waals surface area contributed by atoms with Gasteiger partial charge >= 0.3 is 5.88 Å². The standard InChI is InChI=1S/C19H11Cl2N5O3S/c20-12-3-5-15(16(21)8-12)17-11-30-19(24-13-2-1-7-22-9-13)25(17)23-10-14-4-6-18(29-14)26(27)28/h1-11H. The molecule has 0 fully saturated rings. The highest BCUT2D eigenvalue weighted by molar-refractivity contribution is 7.07. The van der Waals surface area contributed by atoms with Crippen LogP contribution in [-0.2, 0) is 0 Å². The van der Waals surface area contributed by atoms with Gasteiger partial charge in [0.1, 0.15) is 4.92 Å². The van der Waals surface area contributed by atoms with Gasteiger partial charge in [-0.1, -0.05) is 23.2 Å².